The summed E-state index contributed by atoms with van der Waals surface area (Å²) in [5.41, 5.74) is 25.5. The average molecular weight is 1120 g/mol. The lowest BCUT2D eigenvalue weighted by atomic mass is 9.30. The van der Waals surface area contributed by atoms with Crippen molar-refractivity contribution >= 4 is 80.3 Å². The molecule has 0 bridgehead atoms. The molecular formula is C80H48B2N4O2. The van der Waals surface area contributed by atoms with Gasteiger partial charge in [-0.15, -0.1) is 0 Å². The molecule has 0 amide bonds. The Hall–Kier alpha value is -11.8. The van der Waals surface area contributed by atoms with Crippen LogP contribution in [-0.4, -0.2) is 13.4 Å². The van der Waals surface area contributed by atoms with Gasteiger partial charge in [-0.05, 0) is 167 Å². The summed E-state index contributed by atoms with van der Waals surface area (Å²) in [6.45, 7) is -0.606. The van der Waals surface area contributed by atoms with Crippen molar-refractivity contribution in [3.05, 3.63) is 302 Å². The SMILES string of the molecule is N#Cc1ccc(N2c3cc4c(cc3B3c5ccc(-c6ccccc6)cc5Oc5cc(-c6ccccc6)cc2c53)B2c3ccc(-c5ccccc5)cc3Oc3cc(-c5ccccc5)cc(c32)N4c2ccc(C#N)cc2-c2ccccc2)c(-c2ccccc2)c1. The Kier molecular flexibility index (Phi) is 11.8. The molecule has 88 heavy (non-hydrogen) atoms. The van der Waals surface area contributed by atoms with Crippen molar-refractivity contribution in [3.63, 3.8) is 0 Å². The summed E-state index contributed by atoms with van der Waals surface area (Å²) in [7, 11) is 0. The minimum Gasteiger partial charge on any atom is -0.458 e. The van der Waals surface area contributed by atoms with E-state index in [4.69, 9.17) is 9.47 Å². The number of hydrogen-bond acceptors (Lipinski definition) is 6. The minimum absolute atomic E-state index is 0.303. The first-order chi connectivity index (χ1) is 43.5. The van der Waals surface area contributed by atoms with E-state index in [9.17, 15) is 10.5 Å². The van der Waals surface area contributed by atoms with Gasteiger partial charge in [-0.25, -0.2) is 0 Å². The van der Waals surface area contributed by atoms with Gasteiger partial charge in [0, 0.05) is 33.9 Å². The number of fused-ring (bicyclic) bond motifs is 8. The lowest BCUT2D eigenvalue weighted by molar-refractivity contribution is 0.487. The molecule has 0 radical (unpaired) electrons. The van der Waals surface area contributed by atoms with Gasteiger partial charge in [0.25, 0.3) is 13.4 Å². The van der Waals surface area contributed by atoms with Crippen LogP contribution in [0.1, 0.15) is 11.1 Å². The van der Waals surface area contributed by atoms with Gasteiger partial charge < -0.3 is 19.3 Å². The summed E-state index contributed by atoms with van der Waals surface area (Å²) in [5, 5.41) is 21.3. The van der Waals surface area contributed by atoms with E-state index in [1.54, 1.807) is 0 Å². The molecule has 0 saturated heterocycles. The lowest BCUT2D eigenvalue weighted by Gasteiger charge is -2.45. The predicted molar refractivity (Wildman–Crippen MR) is 360 cm³/mol. The van der Waals surface area contributed by atoms with Crippen molar-refractivity contribution in [1.29, 1.82) is 10.5 Å². The zero-order valence-corrected chi connectivity index (χ0v) is 47.5. The molecule has 0 fully saturated rings. The van der Waals surface area contributed by atoms with Crippen molar-refractivity contribution in [3.8, 4) is 102 Å². The van der Waals surface area contributed by atoms with E-state index < -0.39 is 0 Å². The number of nitriles is 2. The predicted octanol–water partition coefficient (Wildman–Crippen LogP) is 16.2. The highest BCUT2D eigenvalue weighted by atomic mass is 16.5. The highest BCUT2D eigenvalue weighted by Crippen LogP contribution is 2.51. The molecule has 406 valence electrons. The maximum atomic E-state index is 10.7. The van der Waals surface area contributed by atoms with Crippen molar-refractivity contribution < 1.29 is 9.47 Å². The van der Waals surface area contributed by atoms with Crippen LogP contribution < -0.4 is 52.1 Å². The normalized spacial score (nSPS) is 12.6. The fraction of sp³-hybridized carbons (Fsp3) is 0. The minimum atomic E-state index is -0.303. The van der Waals surface area contributed by atoms with Crippen LogP contribution in [0.3, 0.4) is 0 Å². The van der Waals surface area contributed by atoms with Crippen LogP contribution >= 0.6 is 0 Å². The first kappa shape index (κ1) is 50.7. The Morgan fingerprint density at radius 1 is 0.250 bits per heavy atom. The summed E-state index contributed by atoms with van der Waals surface area (Å²) in [6.07, 6.45) is 0. The Morgan fingerprint density at radius 3 is 0.955 bits per heavy atom. The fourth-order valence-electron chi connectivity index (χ4n) is 14.0. The monoisotopic (exact) mass is 1120 g/mol. The molecule has 6 nitrogen and oxygen atoms in total. The van der Waals surface area contributed by atoms with E-state index in [0.29, 0.717) is 11.1 Å². The standard InChI is InChI=1S/C80H48B2N4O2/c83-49-51-31-37-69(63(39-51)57-27-15-5-16-28-57)85-71-48-72-68(47-67(71)81-65-35-33-59(53-19-7-1-8-20-53)43-75(65)87-77-45-61(41-73(85)79(77)81)55-23-11-3-12-24-55)82-66-36-34-60(54-21-9-2-10-22-54)44-76(66)88-78-46-62(56-25-13-4-14-26-56)42-74(80(78)82)86(72)70-38-32-52(50-84)40-64(70)58-29-17-6-18-30-58/h1-48H. The molecule has 0 saturated carbocycles. The number of anilines is 6. The molecular weight excluding hydrogens is 1070 g/mol. The van der Waals surface area contributed by atoms with E-state index >= 15 is 0 Å². The highest BCUT2D eigenvalue weighted by Gasteiger charge is 2.48. The van der Waals surface area contributed by atoms with Crippen LogP contribution in [0.15, 0.2) is 291 Å². The summed E-state index contributed by atoms with van der Waals surface area (Å²) in [6, 6.07) is 108. The van der Waals surface area contributed by atoms with E-state index in [0.717, 1.165) is 157 Å². The van der Waals surface area contributed by atoms with Gasteiger partial charge in [0.2, 0.25) is 0 Å². The number of nitrogens with zero attached hydrogens (tertiary/aromatic N) is 4. The molecule has 17 rings (SSSR count). The smallest absolute Gasteiger partial charge is 0.256 e. The first-order valence-corrected chi connectivity index (χ1v) is 29.7. The Morgan fingerprint density at radius 2 is 0.591 bits per heavy atom. The molecule has 13 aromatic rings. The molecule has 8 heteroatoms. The Balaban J connectivity index is 1.02. The zero-order chi connectivity index (χ0) is 58.4. The van der Waals surface area contributed by atoms with Gasteiger partial charge in [0.05, 0.1) is 34.6 Å². The van der Waals surface area contributed by atoms with Gasteiger partial charge in [0.1, 0.15) is 23.0 Å². The molecule has 0 spiro atoms. The Labute approximate surface area is 511 Å². The maximum Gasteiger partial charge on any atom is 0.256 e. The van der Waals surface area contributed by atoms with Crippen LogP contribution in [0.5, 0.6) is 23.0 Å². The van der Waals surface area contributed by atoms with Gasteiger partial charge in [-0.2, -0.15) is 10.5 Å². The van der Waals surface area contributed by atoms with Gasteiger partial charge in [-0.3, -0.25) is 0 Å². The van der Waals surface area contributed by atoms with Crippen LogP contribution in [-0.2, 0) is 0 Å². The van der Waals surface area contributed by atoms with E-state index in [1.165, 1.54) is 0 Å². The molecule has 0 unspecified atom stereocenters. The highest BCUT2D eigenvalue weighted by molar-refractivity contribution is 7.02. The van der Waals surface area contributed by atoms with E-state index in [1.807, 2.05) is 36.4 Å². The molecule has 13 aromatic carbocycles. The van der Waals surface area contributed by atoms with Crippen molar-refractivity contribution in [2.24, 2.45) is 0 Å². The summed E-state index contributed by atoms with van der Waals surface area (Å²) < 4.78 is 14.8. The zero-order valence-electron chi connectivity index (χ0n) is 47.5. The second-order valence-corrected chi connectivity index (χ2v) is 22.9. The average Bonchev–Trinajstić information content (AvgIpc) is 0.900. The van der Waals surface area contributed by atoms with Gasteiger partial charge in [0.15, 0.2) is 0 Å². The second-order valence-electron chi connectivity index (χ2n) is 22.9. The van der Waals surface area contributed by atoms with E-state index in [-0.39, 0.29) is 13.4 Å². The molecule has 0 N–H and O–H groups in total. The van der Waals surface area contributed by atoms with Crippen molar-refractivity contribution in [2.45, 2.75) is 0 Å². The van der Waals surface area contributed by atoms with Crippen molar-refractivity contribution in [1.82, 2.24) is 0 Å². The van der Waals surface area contributed by atoms with Gasteiger partial charge in [-0.1, -0.05) is 212 Å². The maximum absolute atomic E-state index is 10.7. The molecule has 0 aliphatic carbocycles. The van der Waals surface area contributed by atoms with Crippen LogP contribution in [0.2, 0.25) is 0 Å². The number of ether oxygens (including phenoxy) is 2. The fourth-order valence-corrected chi connectivity index (χ4v) is 14.0. The molecule has 0 atom stereocenters. The molecule has 4 aliphatic heterocycles. The molecule has 4 aliphatic rings. The molecule has 0 aromatic heterocycles. The number of benzene rings is 13. The Bertz CT molecular complexity index is 4750. The third-order valence-electron chi connectivity index (χ3n) is 18.0. The van der Waals surface area contributed by atoms with Crippen LogP contribution in [0, 0.1) is 22.7 Å². The number of rotatable bonds is 8. The molecule has 4 heterocycles. The van der Waals surface area contributed by atoms with Crippen LogP contribution in [0.25, 0.3) is 66.8 Å². The van der Waals surface area contributed by atoms with Gasteiger partial charge >= 0.3 is 0 Å². The second kappa shape index (κ2) is 20.5. The lowest BCUT2D eigenvalue weighted by Crippen LogP contribution is -2.63. The third-order valence-corrected chi connectivity index (χ3v) is 18.0. The van der Waals surface area contributed by atoms with Crippen molar-refractivity contribution in [2.75, 3.05) is 9.80 Å². The summed E-state index contributed by atoms with van der Waals surface area (Å²) >= 11 is 0. The quantitative estimate of drug-likeness (QED) is 0.141. The largest absolute Gasteiger partial charge is 0.458 e. The van der Waals surface area contributed by atoms with E-state index in [2.05, 4.69) is 277 Å². The number of hydrogen-bond donors (Lipinski definition) is 0. The van der Waals surface area contributed by atoms with Crippen LogP contribution in [0.4, 0.5) is 34.1 Å². The summed E-state index contributed by atoms with van der Waals surface area (Å²) in [4.78, 5) is 4.88. The topological polar surface area (TPSA) is 72.5 Å². The third kappa shape index (κ3) is 8.19. The first-order valence-electron chi connectivity index (χ1n) is 29.7. The summed E-state index contributed by atoms with van der Waals surface area (Å²) in [5.74, 6) is 3.15.